The second-order valence-corrected chi connectivity index (χ2v) is 6.12. The monoisotopic (exact) mass is 216 g/mol. The van der Waals surface area contributed by atoms with Gasteiger partial charge in [0.2, 0.25) is 0 Å². The van der Waals surface area contributed by atoms with Gasteiger partial charge in [-0.1, -0.05) is 59.3 Å². The van der Waals surface area contributed by atoms with Crippen molar-refractivity contribution in [1.29, 1.82) is 0 Å². The van der Waals surface area contributed by atoms with E-state index >= 15 is 0 Å². The van der Waals surface area contributed by atoms with Crippen LogP contribution in [0.25, 0.3) is 0 Å². The van der Waals surface area contributed by atoms with Crippen molar-refractivity contribution in [3.05, 3.63) is 0 Å². The molecule has 0 N–H and O–H groups in total. The van der Waals surface area contributed by atoms with E-state index < -0.39 is 0 Å². The molecule has 86 valence electrons. The fourth-order valence-corrected chi connectivity index (χ4v) is 3.39. The van der Waals surface area contributed by atoms with E-state index in [0.717, 1.165) is 12.1 Å². The van der Waals surface area contributed by atoms with E-state index in [-0.39, 0.29) is 9.76 Å². The van der Waals surface area contributed by atoms with Crippen LogP contribution in [0.3, 0.4) is 0 Å². The molecule has 0 heterocycles. The summed E-state index contributed by atoms with van der Waals surface area (Å²) in [6.45, 7) is 7.76. The molecule has 0 saturated heterocycles. The Kier molecular flexibility index (Phi) is 11.4. The summed E-state index contributed by atoms with van der Waals surface area (Å²) in [6.07, 6.45) is 9.50. The highest BCUT2D eigenvalue weighted by Gasteiger charge is 2.08. The van der Waals surface area contributed by atoms with E-state index in [1.807, 2.05) is 0 Å². The standard InChI is InChI=1S/C12H28OSi/c1-4-7-9-12(10-8-5-2)14-13-11-6-3/h12H,4-11,14H2,1-3H3. The zero-order valence-electron chi connectivity index (χ0n) is 10.3. The summed E-state index contributed by atoms with van der Waals surface area (Å²) in [7, 11) is -0.226. The third kappa shape index (κ3) is 8.76. The lowest BCUT2D eigenvalue weighted by Gasteiger charge is -2.15. The van der Waals surface area contributed by atoms with Gasteiger partial charge in [0.1, 0.15) is 0 Å². The first-order valence-corrected chi connectivity index (χ1v) is 7.82. The molecule has 0 radical (unpaired) electrons. The van der Waals surface area contributed by atoms with Crippen LogP contribution in [0.5, 0.6) is 0 Å². The number of hydrogen-bond acceptors (Lipinski definition) is 1. The first-order chi connectivity index (χ1) is 6.85. The van der Waals surface area contributed by atoms with E-state index in [4.69, 9.17) is 4.43 Å². The Bertz CT molecular complexity index is 98.5. The van der Waals surface area contributed by atoms with Gasteiger partial charge in [0.15, 0.2) is 9.76 Å². The molecule has 14 heavy (non-hydrogen) atoms. The van der Waals surface area contributed by atoms with Crippen molar-refractivity contribution in [2.24, 2.45) is 0 Å². The van der Waals surface area contributed by atoms with Gasteiger partial charge in [0.05, 0.1) is 0 Å². The first-order valence-electron chi connectivity index (χ1n) is 6.42. The highest BCUT2D eigenvalue weighted by Crippen LogP contribution is 2.21. The van der Waals surface area contributed by atoms with Gasteiger partial charge in [-0.15, -0.1) is 0 Å². The molecular formula is C12H28OSi. The lowest BCUT2D eigenvalue weighted by atomic mass is 10.1. The van der Waals surface area contributed by atoms with Crippen LogP contribution in [0, 0.1) is 0 Å². The summed E-state index contributed by atoms with van der Waals surface area (Å²) in [4.78, 5) is 0. The van der Waals surface area contributed by atoms with Crippen LogP contribution in [0.15, 0.2) is 0 Å². The molecule has 0 aliphatic heterocycles. The Morgan fingerprint density at radius 1 is 0.929 bits per heavy atom. The summed E-state index contributed by atoms with van der Waals surface area (Å²) in [5, 5.41) is 0. The smallest absolute Gasteiger partial charge is 0.164 e. The maximum atomic E-state index is 5.78. The molecule has 1 nitrogen and oxygen atoms in total. The highest BCUT2D eigenvalue weighted by atomic mass is 28.2. The zero-order valence-corrected chi connectivity index (χ0v) is 11.8. The van der Waals surface area contributed by atoms with Crippen LogP contribution in [-0.4, -0.2) is 16.4 Å². The summed E-state index contributed by atoms with van der Waals surface area (Å²) < 4.78 is 5.78. The normalized spacial score (nSPS) is 12.0. The van der Waals surface area contributed by atoms with Crippen molar-refractivity contribution >= 4 is 9.76 Å². The predicted molar refractivity (Wildman–Crippen MR) is 67.6 cm³/mol. The van der Waals surface area contributed by atoms with E-state index in [1.54, 1.807) is 0 Å². The van der Waals surface area contributed by atoms with Crippen molar-refractivity contribution < 1.29 is 4.43 Å². The second-order valence-electron chi connectivity index (χ2n) is 4.23. The van der Waals surface area contributed by atoms with Gasteiger partial charge < -0.3 is 4.43 Å². The molecule has 0 rings (SSSR count). The van der Waals surface area contributed by atoms with Crippen molar-refractivity contribution in [2.45, 2.75) is 71.3 Å². The molecule has 0 aromatic heterocycles. The minimum atomic E-state index is -0.226. The molecular weight excluding hydrogens is 188 g/mol. The Morgan fingerprint density at radius 2 is 1.50 bits per heavy atom. The Hall–Kier alpha value is 0.177. The maximum absolute atomic E-state index is 5.78. The average Bonchev–Trinajstić information content (AvgIpc) is 2.21. The van der Waals surface area contributed by atoms with E-state index in [1.165, 1.54) is 44.9 Å². The quantitative estimate of drug-likeness (QED) is 0.400. The lowest BCUT2D eigenvalue weighted by Crippen LogP contribution is -2.09. The number of hydrogen-bond donors (Lipinski definition) is 0. The zero-order chi connectivity index (χ0) is 10.6. The highest BCUT2D eigenvalue weighted by molar-refractivity contribution is 6.29. The number of unbranched alkanes of at least 4 members (excludes halogenated alkanes) is 2. The van der Waals surface area contributed by atoms with E-state index in [9.17, 15) is 0 Å². The van der Waals surface area contributed by atoms with Gasteiger partial charge in [0, 0.05) is 6.61 Å². The molecule has 0 aromatic rings. The van der Waals surface area contributed by atoms with Gasteiger partial charge in [-0.3, -0.25) is 0 Å². The van der Waals surface area contributed by atoms with Gasteiger partial charge in [-0.2, -0.15) is 0 Å². The third-order valence-electron chi connectivity index (χ3n) is 2.63. The lowest BCUT2D eigenvalue weighted by molar-refractivity contribution is 0.323. The van der Waals surface area contributed by atoms with E-state index in [2.05, 4.69) is 20.8 Å². The molecule has 0 spiro atoms. The molecule has 0 unspecified atom stereocenters. The van der Waals surface area contributed by atoms with Gasteiger partial charge in [-0.25, -0.2) is 0 Å². The predicted octanol–water partition coefficient (Wildman–Crippen LogP) is 3.67. The largest absolute Gasteiger partial charge is 0.424 e. The minimum absolute atomic E-state index is 0.226. The maximum Gasteiger partial charge on any atom is 0.164 e. The SMILES string of the molecule is CCCCC(CCCC)[SiH2]OCCC. The van der Waals surface area contributed by atoms with Crippen molar-refractivity contribution in [3.63, 3.8) is 0 Å². The summed E-state index contributed by atoms with van der Waals surface area (Å²) in [5.41, 5.74) is 0.960. The molecule has 2 heteroatoms. The topological polar surface area (TPSA) is 9.23 Å². The Balaban J connectivity index is 3.49. The molecule has 0 fully saturated rings. The molecule has 0 aliphatic carbocycles. The van der Waals surface area contributed by atoms with Crippen molar-refractivity contribution in [2.75, 3.05) is 6.61 Å². The van der Waals surface area contributed by atoms with Crippen LogP contribution in [0.4, 0.5) is 0 Å². The molecule has 0 bridgehead atoms. The Morgan fingerprint density at radius 3 is 1.93 bits per heavy atom. The van der Waals surface area contributed by atoms with Crippen molar-refractivity contribution in [1.82, 2.24) is 0 Å². The summed E-state index contributed by atoms with van der Waals surface area (Å²) >= 11 is 0. The molecule has 0 atom stereocenters. The van der Waals surface area contributed by atoms with Gasteiger partial charge in [-0.05, 0) is 12.0 Å². The third-order valence-corrected chi connectivity index (χ3v) is 4.45. The van der Waals surface area contributed by atoms with E-state index in [0.29, 0.717) is 0 Å². The second kappa shape index (κ2) is 11.3. The van der Waals surface area contributed by atoms with Crippen LogP contribution >= 0.6 is 0 Å². The first kappa shape index (κ1) is 14.2. The fourth-order valence-electron chi connectivity index (χ4n) is 1.69. The molecule has 0 aliphatic rings. The van der Waals surface area contributed by atoms with Crippen molar-refractivity contribution in [3.8, 4) is 0 Å². The summed E-state index contributed by atoms with van der Waals surface area (Å²) in [6, 6.07) is 0. The summed E-state index contributed by atoms with van der Waals surface area (Å²) in [5.74, 6) is 0. The van der Waals surface area contributed by atoms with Crippen LogP contribution in [0.1, 0.15) is 65.7 Å². The average molecular weight is 216 g/mol. The molecule has 0 saturated carbocycles. The van der Waals surface area contributed by atoms with Gasteiger partial charge >= 0.3 is 0 Å². The Labute approximate surface area is 92.6 Å². The van der Waals surface area contributed by atoms with Crippen LogP contribution in [-0.2, 0) is 4.43 Å². The minimum Gasteiger partial charge on any atom is -0.424 e. The van der Waals surface area contributed by atoms with Gasteiger partial charge in [0.25, 0.3) is 0 Å². The molecule has 0 amide bonds. The fraction of sp³-hybridized carbons (Fsp3) is 1.00. The van der Waals surface area contributed by atoms with Crippen LogP contribution in [0.2, 0.25) is 5.54 Å². The van der Waals surface area contributed by atoms with Crippen LogP contribution < -0.4 is 0 Å². The molecule has 0 aromatic carbocycles. The number of rotatable bonds is 10.